The number of nitriles is 1. The van der Waals surface area contributed by atoms with Gasteiger partial charge in [0, 0.05) is 22.8 Å². The summed E-state index contributed by atoms with van der Waals surface area (Å²) in [5.41, 5.74) is 1.29. The Balaban J connectivity index is 1.82. The molecule has 2 rings (SSSR count). The summed E-state index contributed by atoms with van der Waals surface area (Å²) in [5.74, 6) is 0. The molecule has 0 aliphatic heterocycles. The van der Waals surface area contributed by atoms with E-state index >= 15 is 0 Å². The average molecular weight is 234 g/mol. The van der Waals surface area contributed by atoms with E-state index in [1.54, 1.807) is 11.3 Å². The third kappa shape index (κ3) is 2.84. The molecule has 1 N–H and O–H groups in total. The van der Waals surface area contributed by atoms with Crippen LogP contribution >= 0.6 is 11.3 Å². The van der Waals surface area contributed by atoms with Crippen molar-refractivity contribution in [3.63, 3.8) is 0 Å². The summed E-state index contributed by atoms with van der Waals surface area (Å²) in [6.07, 6.45) is 3.87. The first kappa shape index (κ1) is 11.6. The van der Waals surface area contributed by atoms with E-state index < -0.39 is 0 Å². The van der Waals surface area contributed by atoms with E-state index in [1.807, 2.05) is 11.4 Å². The van der Waals surface area contributed by atoms with Crippen LogP contribution in [0.25, 0.3) is 0 Å². The van der Waals surface area contributed by atoms with Gasteiger partial charge < -0.3 is 5.32 Å². The van der Waals surface area contributed by atoms with Crippen molar-refractivity contribution in [3.05, 3.63) is 21.9 Å². The van der Waals surface area contributed by atoms with Crippen molar-refractivity contribution >= 4 is 11.3 Å². The van der Waals surface area contributed by atoms with Gasteiger partial charge in [-0.05, 0) is 30.7 Å². The molecular weight excluding hydrogens is 216 g/mol. The zero-order valence-corrected chi connectivity index (χ0v) is 10.7. The van der Waals surface area contributed by atoms with Gasteiger partial charge in [0.05, 0.1) is 5.56 Å². The van der Waals surface area contributed by atoms with Gasteiger partial charge in [-0.15, -0.1) is 11.3 Å². The molecule has 1 aromatic rings. The monoisotopic (exact) mass is 234 g/mol. The first-order valence-electron chi connectivity index (χ1n) is 5.80. The molecular formula is C13H18N2S. The fourth-order valence-corrected chi connectivity index (χ4v) is 3.15. The van der Waals surface area contributed by atoms with Crippen molar-refractivity contribution < 1.29 is 0 Å². The SMILES string of the molecule is CC1(C)CCC(NCc2cc(C#N)cs2)C1. The molecule has 0 amide bonds. The molecule has 3 heteroatoms. The van der Waals surface area contributed by atoms with Crippen molar-refractivity contribution in [1.82, 2.24) is 5.32 Å². The minimum atomic E-state index is 0.505. The Morgan fingerprint density at radius 2 is 2.44 bits per heavy atom. The van der Waals surface area contributed by atoms with E-state index in [9.17, 15) is 0 Å². The number of nitrogens with one attached hydrogen (secondary N) is 1. The molecule has 1 atom stereocenters. The molecule has 1 aliphatic carbocycles. The molecule has 1 fully saturated rings. The Kier molecular flexibility index (Phi) is 3.32. The van der Waals surface area contributed by atoms with E-state index in [1.165, 1.54) is 24.1 Å². The van der Waals surface area contributed by atoms with Crippen molar-refractivity contribution in [3.8, 4) is 6.07 Å². The maximum atomic E-state index is 8.74. The van der Waals surface area contributed by atoms with Gasteiger partial charge in [0.25, 0.3) is 0 Å². The molecule has 0 bridgehead atoms. The number of nitrogens with zero attached hydrogens (tertiary/aromatic N) is 1. The van der Waals surface area contributed by atoms with Gasteiger partial charge >= 0.3 is 0 Å². The van der Waals surface area contributed by atoms with Crippen molar-refractivity contribution in [2.45, 2.75) is 45.7 Å². The summed E-state index contributed by atoms with van der Waals surface area (Å²) in [5, 5.41) is 14.3. The minimum Gasteiger partial charge on any atom is -0.309 e. The Labute approximate surface area is 101 Å². The summed E-state index contributed by atoms with van der Waals surface area (Å²) >= 11 is 1.67. The summed E-state index contributed by atoms with van der Waals surface area (Å²) in [6, 6.07) is 4.81. The number of rotatable bonds is 3. The van der Waals surface area contributed by atoms with Gasteiger partial charge in [0.1, 0.15) is 6.07 Å². The largest absolute Gasteiger partial charge is 0.309 e. The van der Waals surface area contributed by atoms with E-state index in [2.05, 4.69) is 25.2 Å². The second kappa shape index (κ2) is 4.57. The lowest BCUT2D eigenvalue weighted by Gasteiger charge is -2.17. The predicted molar refractivity (Wildman–Crippen MR) is 67.3 cm³/mol. The van der Waals surface area contributed by atoms with Crippen molar-refractivity contribution in [2.24, 2.45) is 5.41 Å². The summed E-state index contributed by atoms with van der Waals surface area (Å²) in [7, 11) is 0. The highest BCUT2D eigenvalue weighted by Crippen LogP contribution is 2.37. The van der Waals surface area contributed by atoms with Crippen molar-refractivity contribution in [1.29, 1.82) is 5.26 Å². The maximum Gasteiger partial charge on any atom is 0.100 e. The lowest BCUT2D eigenvalue weighted by atomic mass is 9.92. The molecule has 1 aliphatic rings. The topological polar surface area (TPSA) is 35.8 Å². The standard InChI is InChI=1S/C13H18N2S/c1-13(2)4-3-11(6-13)15-8-12-5-10(7-14)9-16-12/h5,9,11,15H,3-4,6,8H2,1-2H3. The van der Waals surface area contributed by atoms with Crippen LogP contribution in [-0.4, -0.2) is 6.04 Å². The highest BCUT2D eigenvalue weighted by atomic mass is 32.1. The molecule has 0 spiro atoms. The van der Waals surface area contributed by atoms with Gasteiger partial charge in [-0.25, -0.2) is 0 Å². The Bertz CT molecular complexity index is 400. The van der Waals surface area contributed by atoms with Crippen LogP contribution in [0.15, 0.2) is 11.4 Å². The zero-order chi connectivity index (χ0) is 11.6. The van der Waals surface area contributed by atoms with E-state index in [0.29, 0.717) is 11.5 Å². The molecule has 0 radical (unpaired) electrons. The quantitative estimate of drug-likeness (QED) is 0.871. The van der Waals surface area contributed by atoms with Gasteiger partial charge in [-0.3, -0.25) is 0 Å². The second-order valence-corrected chi connectivity index (χ2v) is 6.39. The third-order valence-corrected chi connectivity index (χ3v) is 4.25. The first-order chi connectivity index (χ1) is 7.59. The Morgan fingerprint density at radius 1 is 1.62 bits per heavy atom. The fraction of sp³-hybridized carbons (Fsp3) is 0.615. The summed E-state index contributed by atoms with van der Waals surface area (Å²) < 4.78 is 0. The number of thiophene rings is 1. The van der Waals surface area contributed by atoms with E-state index in [0.717, 1.165) is 12.1 Å². The van der Waals surface area contributed by atoms with Crippen LogP contribution in [0, 0.1) is 16.7 Å². The Morgan fingerprint density at radius 3 is 3.00 bits per heavy atom. The third-order valence-electron chi connectivity index (χ3n) is 3.32. The van der Waals surface area contributed by atoms with E-state index in [-0.39, 0.29) is 0 Å². The molecule has 2 nitrogen and oxygen atoms in total. The molecule has 0 saturated heterocycles. The first-order valence-corrected chi connectivity index (χ1v) is 6.68. The van der Waals surface area contributed by atoms with Gasteiger partial charge in [0.2, 0.25) is 0 Å². The molecule has 1 unspecified atom stereocenters. The molecule has 86 valence electrons. The van der Waals surface area contributed by atoms with E-state index in [4.69, 9.17) is 5.26 Å². The normalized spacial score (nSPS) is 23.2. The average Bonchev–Trinajstić information content (AvgIpc) is 2.81. The van der Waals surface area contributed by atoms with Crippen LogP contribution in [0.5, 0.6) is 0 Å². The maximum absolute atomic E-state index is 8.74. The molecule has 1 aromatic heterocycles. The molecule has 1 saturated carbocycles. The Hall–Kier alpha value is -0.850. The highest BCUT2D eigenvalue weighted by Gasteiger charge is 2.30. The minimum absolute atomic E-state index is 0.505. The van der Waals surface area contributed by atoms with Crippen molar-refractivity contribution in [2.75, 3.05) is 0 Å². The highest BCUT2D eigenvalue weighted by molar-refractivity contribution is 7.10. The van der Waals surface area contributed by atoms with Gasteiger partial charge in [0.15, 0.2) is 0 Å². The van der Waals surface area contributed by atoms with Crippen LogP contribution < -0.4 is 5.32 Å². The molecule has 1 heterocycles. The van der Waals surface area contributed by atoms with Crippen LogP contribution in [0.3, 0.4) is 0 Å². The van der Waals surface area contributed by atoms with Gasteiger partial charge in [-0.1, -0.05) is 13.8 Å². The second-order valence-electron chi connectivity index (χ2n) is 5.40. The smallest absolute Gasteiger partial charge is 0.100 e. The lowest BCUT2D eigenvalue weighted by molar-refractivity contribution is 0.364. The molecule has 16 heavy (non-hydrogen) atoms. The summed E-state index contributed by atoms with van der Waals surface area (Å²) in [4.78, 5) is 1.27. The lowest BCUT2D eigenvalue weighted by Crippen LogP contribution is -2.26. The van der Waals surface area contributed by atoms with Crippen LogP contribution in [0.4, 0.5) is 0 Å². The number of hydrogen-bond donors (Lipinski definition) is 1. The molecule has 0 aromatic carbocycles. The van der Waals surface area contributed by atoms with Crippen LogP contribution in [0.2, 0.25) is 0 Å². The van der Waals surface area contributed by atoms with Gasteiger partial charge in [-0.2, -0.15) is 5.26 Å². The zero-order valence-electron chi connectivity index (χ0n) is 9.92. The van der Waals surface area contributed by atoms with Crippen LogP contribution in [0.1, 0.15) is 43.6 Å². The predicted octanol–water partition coefficient (Wildman–Crippen LogP) is 3.29. The summed E-state index contributed by atoms with van der Waals surface area (Å²) in [6.45, 7) is 5.59. The number of hydrogen-bond acceptors (Lipinski definition) is 3. The fourth-order valence-electron chi connectivity index (χ4n) is 2.39. The van der Waals surface area contributed by atoms with Crippen LogP contribution in [-0.2, 0) is 6.54 Å².